The Morgan fingerprint density at radius 3 is 1.58 bits per heavy atom. The van der Waals surface area contributed by atoms with E-state index in [0.29, 0.717) is 0 Å². The normalized spacial score (nSPS) is 11.6. The number of benzene rings is 9. The molecule has 0 aliphatic rings. The molecule has 1 aromatic heterocycles. The van der Waals surface area contributed by atoms with E-state index in [4.69, 9.17) is 0 Å². The van der Waals surface area contributed by atoms with Crippen molar-refractivity contribution in [3.63, 3.8) is 0 Å². The van der Waals surface area contributed by atoms with Crippen molar-refractivity contribution in [1.82, 2.24) is 0 Å². The van der Waals surface area contributed by atoms with Crippen molar-refractivity contribution in [2.24, 2.45) is 0 Å². The molecule has 10 aromatic rings. The number of anilines is 3. The van der Waals surface area contributed by atoms with Gasteiger partial charge in [0.1, 0.15) is 0 Å². The highest BCUT2D eigenvalue weighted by molar-refractivity contribution is 7.26. The van der Waals surface area contributed by atoms with Crippen molar-refractivity contribution < 1.29 is 0 Å². The van der Waals surface area contributed by atoms with Crippen molar-refractivity contribution >= 4 is 80.9 Å². The SMILES string of the molecule is c1ccc2cc(-c3cc4ccccc4cc3-c3ccc(N(c4ccc5ccccc5c4)c4cccc5sc6ccccc6c45)cc3)ccc2c1. The van der Waals surface area contributed by atoms with Gasteiger partial charge in [0, 0.05) is 31.5 Å². The fourth-order valence-electron chi connectivity index (χ4n) is 7.55. The van der Waals surface area contributed by atoms with E-state index in [1.54, 1.807) is 0 Å². The highest BCUT2D eigenvalue weighted by Crippen LogP contribution is 2.46. The third kappa shape index (κ3) is 4.84. The summed E-state index contributed by atoms with van der Waals surface area (Å²) in [4.78, 5) is 2.43. The summed E-state index contributed by atoms with van der Waals surface area (Å²) in [6.07, 6.45) is 0. The molecule has 0 bridgehead atoms. The maximum absolute atomic E-state index is 2.43. The fraction of sp³-hybridized carbons (Fsp3) is 0. The van der Waals surface area contributed by atoms with Gasteiger partial charge in [0.2, 0.25) is 0 Å². The molecule has 10 rings (SSSR count). The van der Waals surface area contributed by atoms with Gasteiger partial charge in [-0.2, -0.15) is 0 Å². The Labute approximate surface area is 294 Å². The molecule has 50 heavy (non-hydrogen) atoms. The van der Waals surface area contributed by atoms with Gasteiger partial charge in [-0.05, 0) is 115 Å². The lowest BCUT2D eigenvalue weighted by Crippen LogP contribution is -2.10. The van der Waals surface area contributed by atoms with Crippen LogP contribution in [0.2, 0.25) is 0 Å². The highest BCUT2D eigenvalue weighted by Gasteiger charge is 2.19. The first-order valence-corrected chi connectivity index (χ1v) is 17.9. The summed E-state index contributed by atoms with van der Waals surface area (Å²) in [5.41, 5.74) is 8.34. The molecule has 0 amide bonds. The molecule has 2 heteroatoms. The molecule has 234 valence electrons. The number of hydrogen-bond donors (Lipinski definition) is 0. The summed E-state index contributed by atoms with van der Waals surface area (Å²) in [6.45, 7) is 0. The van der Waals surface area contributed by atoms with E-state index < -0.39 is 0 Å². The molecule has 1 heterocycles. The van der Waals surface area contributed by atoms with Crippen molar-refractivity contribution in [1.29, 1.82) is 0 Å². The van der Waals surface area contributed by atoms with E-state index in [0.717, 1.165) is 11.4 Å². The second-order valence-corrected chi connectivity index (χ2v) is 14.1. The van der Waals surface area contributed by atoms with Crippen molar-refractivity contribution in [3.05, 3.63) is 188 Å². The summed E-state index contributed by atoms with van der Waals surface area (Å²) in [7, 11) is 0. The average Bonchev–Trinajstić information content (AvgIpc) is 3.57. The molecule has 0 fully saturated rings. The molecular formula is C48H31NS. The molecule has 0 saturated carbocycles. The van der Waals surface area contributed by atoms with E-state index in [2.05, 4.69) is 193 Å². The minimum atomic E-state index is 1.12. The monoisotopic (exact) mass is 653 g/mol. The Balaban J connectivity index is 1.16. The second kappa shape index (κ2) is 11.7. The van der Waals surface area contributed by atoms with Crippen LogP contribution in [-0.4, -0.2) is 0 Å². The lowest BCUT2D eigenvalue weighted by molar-refractivity contribution is 1.31. The number of thiophene rings is 1. The molecule has 0 unspecified atom stereocenters. The zero-order chi connectivity index (χ0) is 33.0. The fourth-order valence-corrected chi connectivity index (χ4v) is 8.68. The molecule has 1 nitrogen and oxygen atoms in total. The number of rotatable bonds is 5. The molecule has 0 aliphatic heterocycles. The standard InChI is InChI=1S/C48H31NS/c1-3-12-35-28-39(21-20-32(35)10-1)44-31-38-15-6-5-14-37(38)30-43(44)34-23-25-40(26-24-34)49(41-27-22-33-11-2-4-13-36(33)29-41)45-17-9-19-47-48(45)42-16-7-8-18-46(42)50-47/h1-31H. The highest BCUT2D eigenvalue weighted by atomic mass is 32.1. The Kier molecular flexibility index (Phi) is 6.75. The number of fused-ring (bicyclic) bond motifs is 6. The molecule has 0 saturated heterocycles. The zero-order valence-electron chi connectivity index (χ0n) is 27.3. The van der Waals surface area contributed by atoms with Crippen LogP contribution in [0.3, 0.4) is 0 Å². The third-order valence-corrected chi connectivity index (χ3v) is 11.1. The summed E-state index contributed by atoms with van der Waals surface area (Å²) in [6, 6.07) is 68.9. The minimum Gasteiger partial charge on any atom is -0.310 e. The summed E-state index contributed by atoms with van der Waals surface area (Å²) >= 11 is 1.86. The average molecular weight is 654 g/mol. The molecular weight excluding hydrogens is 623 g/mol. The lowest BCUT2D eigenvalue weighted by atomic mass is 9.90. The van der Waals surface area contributed by atoms with Gasteiger partial charge in [0.05, 0.1) is 5.69 Å². The molecule has 0 aliphatic carbocycles. The Morgan fingerprint density at radius 1 is 0.340 bits per heavy atom. The number of hydrogen-bond acceptors (Lipinski definition) is 2. The lowest BCUT2D eigenvalue weighted by Gasteiger charge is -2.27. The largest absolute Gasteiger partial charge is 0.310 e. The third-order valence-electron chi connectivity index (χ3n) is 10.00. The van der Waals surface area contributed by atoms with Gasteiger partial charge < -0.3 is 4.90 Å². The molecule has 0 spiro atoms. The van der Waals surface area contributed by atoms with Gasteiger partial charge >= 0.3 is 0 Å². The van der Waals surface area contributed by atoms with Crippen LogP contribution in [0.4, 0.5) is 17.1 Å². The predicted octanol–water partition coefficient (Wildman–Crippen LogP) is 14.3. The Bertz CT molecular complexity index is 2880. The first kappa shape index (κ1) is 28.8. The molecule has 0 radical (unpaired) electrons. The second-order valence-electron chi connectivity index (χ2n) is 13.0. The summed E-state index contributed by atoms with van der Waals surface area (Å²) < 4.78 is 2.60. The van der Waals surface area contributed by atoms with Crippen molar-refractivity contribution in [2.45, 2.75) is 0 Å². The first-order valence-electron chi connectivity index (χ1n) is 17.1. The van der Waals surface area contributed by atoms with Crippen LogP contribution < -0.4 is 4.90 Å². The van der Waals surface area contributed by atoms with Crippen molar-refractivity contribution in [2.75, 3.05) is 4.90 Å². The maximum atomic E-state index is 2.43. The first-order chi connectivity index (χ1) is 24.8. The Hall–Kier alpha value is -6.22. The predicted molar refractivity (Wildman–Crippen MR) is 217 cm³/mol. The van der Waals surface area contributed by atoms with Crippen LogP contribution in [0, 0.1) is 0 Å². The summed E-state index contributed by atoms with van der Waals surface area (Å²) in [5.74, 6) is 0. The zero-order valence-corrected chi connectivity index (χ0v) is 28.1. The van der Waals surface area contributed by atoms with Gasteiger partial charge in [0.25, 0.3) is 0 Å². The van der Waals surface area contributed by atoms with E-state index in [-0.39, 0.29) is 0 Å². The topological polar surface area (TPSA) is 3.24 Å². The van der Waals surface area contributed by atoms with E-state index >= 15 is 0 Å². The quantitative estimate of drug-likeness (QED) is 0.179. The summed E-state index contributed by atoms with van der Waals surface area (Å²) in [5, 5.41) is 10.0. The molecule has 9 aromatic carbocycles. The van der Waals surface area contributed by atoms with Gasteiger partial charge in [-0.1, -0.05) is 127 Å². The number of nitrogens with zero attached hydrogens (tertiary/aromatic N) is 1. The van der Waals surface area contributed by atoms with Crippen LogP contribution in [0.1, 0.15) is 0 Å². The van der Waals surface area contributed by atoms with E-state index in [1.807, 2.05) is 11.3 Å². The smallest absolute Gasteiger partial charge is 0.0554 e. The van der Waals surface area contributed by atoms with E-state index in [9.17, 15) is 0 Å². The van der Waals surface area contributed by atoms with Crippen LogP contribution in [0.5, 0.6) is 0 Å². The minimum absolute atomic E-state index is 1.12. The van der Waals surface area contributed by atoms with E-state index in [1.165, 1.54) is 80.4 Å². The maximum Gasteiger partial charge on any atom is 0.0554 e. The Morgan fingerprint density at radius 2 is 0.860 bits per heavy atom. The van der Waals surface area contributed by atoms with Crippen LogP contribution in [-0.2, 0) is 0 Å². The van der Waals surface area contributed by atoms with Gasteiger partial charge in [-0.3, -0.25) is 0 Å². The van der Waals surface area contributed by atoms with Crippen molar-refractivity contribution in [3.8, 4) is 22.3 Å². The van der Waals surface area contributed by atoms with Crippen LogP contribution in [0.25, 0.3) is 74.7 Å². The van der Waals surface area contributed by atoms with Crippen LogP contribution >= 0.6 is 11.3 Å². The molecule has 0 N–H and O–H groups in total. The van der Waals surface area contributed by atoms with Crippen LogP contribution in [0.15, 0.2) is 188 Å². The van der Waals surface area contributed by atoms with Gasteiger partial charge in [-0.15, -0.1) is 11.3 Å². The van der Waals surface area contributed by atoms with Gasteiger partial charge in [0.15, 0.2) is 0 Å². The molecule has 0 atom stereocenters. The van der Waals surface area contributed by atoms with Gasteiger partial charge in [-0.25, -0.2) is 0 Å².